The molecule has 0 aliphatic heterocycles. The van der Waals surface area contributed by atoms with Gasteiger partial charge in [0, 0.05) is 11.6 Å². The van der Waals surface area contributed by atoms with Crippen molar-refractivity contribution >= 4 is 39.1 Å². The van der Waals surface area contributed by atoms with Crippen molar-refractivity contribution in [2.45, 2.75) is 6.92 Å². The zero-order chi connectivity index (χ0) is 10.8. The Morgan fingerprint density at radius 3 is 3.13 bits per heavy atom. The molecule has 15 heavy (non-hydrogen) atoms. The van der Waals surface area contributed by atoms with Gasteiger partial charge in [0.15, 0.2) is 0 Å². The molecular formula is C10H8ClNO2S. The van der Waals surface area contributed by atoms with Crippen LogP contribution in [0.25, 0.3) is 10.2 Å². The highest BCUT2D eigenvalue weighted by atomic mass is 35.5. The summed E-state index contributed by atoms with van der Waals surface area (Å²) < 4.78 is 4.90. The van der Waals surface area contributed by atoms with E-state index in [0.717, 1.165) is 10.2 Å². The van der Waals surface area contributed by atoms with Gasteiger partial charge in [0.05, 0.1) is 11.6 Å². The monoisotopic (exact) mass is 241 g/mol. The third kappa shape index (κ3) is 1.82. The zero-order valence-electron chi connectivity index (χ0n) is 7.99. The largest absolute Gasteiger partial charge is 0.462 e. The molecule has 2 aromatic heterocycles. The maximum absolute atomic E-state index is 11.5. The lowest BCUT2D eigenvalue weighted by molar-refractivity contribution is 0.0532. The van der Waals surface area contributed by atoms with Gasteiger partial charge >= 0.3 is 5.97 Å². The van der Waals surface area contributed by atoms with Crippen LogP contribution in [-0.4, -0.2) is 17.6 Å². The minimum absolute atomic E-state index is 0.344. The smallest absolute Gasteiger partial charge is 0.349 e. The second-order valence-electron chi connectivity index (χ2n) is 2.82. The molecule has 0 bridgehead atoms. The fraction of sp³-hybridized carbons (Fsp3) is 0.200. The van der Waals surface area contributed by atoms with Crippen LogP contribution in [0.5, 0.6) is 0 Å². The Balaban J connectivity index is 2.53. The lowest BCUT2D eigenvalue weighted by Gasteiger charge is -1.97. The van der Waals surface area contributed by atoms with E-state index in [9.17, 15) is 4.79 Å². The summed E-state index contributed by atoms with van der Waals surface area (Å²) in [5, 5.41) is 1.23. The molecule has 78 valence electrons. The molecule has 0 fully saturated rings. The summed E-state index contributed by atoms with van der Waals surface area (Å²) in [5.41, 5.74) is 0. The molecule has 0 radical (unpaired) electrons. The Hall–Kier alpha value is -1.13. The molecule has 0 N–H and O–H groups in total. The van der Waals surface area contributed by atoms with Gasteiger partial charge in [-0.25, -0.2) is 9.78 Å². The molecule has 0 spiro atoms. The topological polar surface area (TPSA) is 39.2 Å². The van der Waals surface area contributed by atoms with E-state index in [2.05, 4.69) is 4.98 Å². The van der Waals surface area contributed by atoms with Crippen LogP contribution in [0.2, 0.25) is 5.02 Å². The molecule has 0 aliphatic carbocycles. The van der Waals surface area contributed by atoms with Crippen molar-refractivity contribution < 1.29 is 9.53 Å². The fourth-order valence-corrected chi connectivity index (χ4v) is 2.56. The summed E-state index contributed by atoms with van der Waals surface area (Å²) in [4.78, 5) is 16.8. The number of carbonyl (C=O) groups is 1. The van der Waals surface area contributed by atoms with E-state index in [4.69, 9.17) is 16.3 Å². The molecule has 2 aromatic rings. The third-order valence-electron chi connectivity index (χ3n) is 1.87. The number of nitrogens with zero attached hydrogens (tertiary/aromatic N) is 1. The fourth-order valence-electron chi connectivity index (χ4n) is 1.23. The zero-order valence-corrected chi connectivity index (χ0v) is 9.56. The van der Waals surface area contributed by atoms with Crippen molar-refractivity contribution in [2.75, 3.05) is 6.61 Å². The number of hydrogen-bond acceptors (Lipinski definition) is 4. The summed E-state index contributed by atoms with van der Waals surface area (Å²) in [6.45, 7) is 2.11. The Labute approximate surface area is 95.6 Å². The highest BCUT2D eigenvalue weighted by Crippen LogP contribution is 2.34. The SMILES string of the molecule is CCOC(=O)c1sc2ncccc2c1Cl. The van der Waals surface area contributed by atoms with E-state index in [0.29, 0.717) is 16.5 Å². The molecule has 5 heteroatoms. The number of fused-ring (bicyclic) bond motifs is 1. The molecule has 0 unspecified atom stereocenters. The average Bonchev–Trinajstić information content (AvgIpc) is 2.57. The number of thiophene rings is 1. The van der Waals surface area contributed by atoms with Crippen LogP contribution in [0.3, 0.4) is 0 Å². The van der Waals surface area contributed by atoms with Crippen LogP contribution < -0.4 is 0 Å². The summed E-state index contributed by atoms with van der Waals surface area (Å²) in [7, 11) is 0. The molecule has 0 atom stereocenters. The lowest BCUT2D eigenvalue weighted by Crippen LogP contribution is -2.02. The van der Waals surface area contributed by atoms with Gasteiger partial charge in [-0.05, 0) is 19.1 Å². The first-order valence-electron chi connectivity index (χ1n) is 4.44. The molecule has 0 aliphatic rings. The van der Waals surface area contributed by atoms with E-state index in [1.54, 1.807) is 19.2 Å². The van der Waals surface area contributed by atoms with Gasteiger partial charge in [0.1, 0.15) is 9.71 Å². The predicted molar refractivity (Wildman–Crippen MR) is 60.6 cm³/mol. The van der Waals surface area contributed by atoms with E-state index in [-0.39, 0.29) is 5.97 Å². The van der Waals surface area contributed by atoms with Crippen LogP contribution in [0.1, 0.15) is 16.6 Å². The predicted octanol–water partition coefficient (Wildman–Crippen LogP) is 3.13. The molecule has 0 saturated carbocycles. The number of esters is 1. The highest BCUT2D eigenvalue weighted by Gasteiger charge is 2.18. The minimum Gasteiger partial charge on any atom is -0.462 e. The summed E-state index contributed by atoms with van der Waals surface area (Å²) >= 11 is 7.31. The Bertz CT molecular complexity index is 509. The van der Waals surface area contributed by atoms with Gasteiger partial charge in [-0.15, -0.1) is 11.3 Å². The lowest BCUT2D eigenvalue weighted by atomic mass is 10.3. The van der Waals surface area contributed by atoms with Gasteiger partial charge in [0.25, 0.3) is 0 Å². The Morgan fingerprint density at radius 2 is 2.47 bits per heavy atom. The van der Waals surface area contributed by atoms with Gasteiger partial charge in [-0.2, -0.15) is 0 Å². The highest BCUT2D eigenvalue weighted by molar-refractivity contribution is 7.21. The van der Waals surface area contributed by atoms with Gasteiger partial charge in [-0.3, -0.25) is 0 Å². The van der Waals surface area contributed by atoms with Crippen molar-refractivity contribution in [3.8, 4) is 0 Å². The minimum atomic E-state index is -0.384. The van der Waals surface area contributed by atoms with Gasteiger partial charge in [0.2, 0.25) is 0 Å². The molecule has 2 heterocycles. The van der Waals surface area contributed by atoms with Crippen LogP contribution in [0.15, 0.2) is 18.3 Å². The Morgan fingerprint density at radius 1 is 1.67 bits per heavy atom. The first kappa shape index (κ1) is 10.4. The molecule has 0 amide bonds. The first-order chi connectivity index (χ1) is 7.24. The number of aromatic nitrogens is 1. The van der Waals surface area contributed by atoms with Crippen LogP contribution in [0, 0.1) is 0 Å². The maximum Gasteiger partial charge on any atom is 0.349 e. The second-order valence-corrected chi connectivity index (χ2v) is 4.20. The summed E-state index contributed by atoms with van der Waals surface area (Å²) in [6.07, 6.45) is 1.67. The molecule has 3 nitrogen and oxygen atoms in total. The number of ether oxygens (including phenoxy) is 1. The number of halogens is 1. The third-order valence-corrected chi connectivity index (χ3v) is 3.46. The first-order valence-corrected chi connectivity index (χ1v) is 5.63. The van der Waals surface area contributed by atoms with Crippen molar-refractivity contribution in [1.29, 1.82) is 0 Å². The number of hydrogen-bond donors (Lipinski definition) is 0. The molecule has 0 aromatic carbocycles. The second kappa shape index (κ2) is 4.16. The number of pyridine rings is 1. The van der Waals surface area contributed by atoms with Crippen molar-refractivity contribution in [1.82, 2.24) is 4.98 Å². The standard InChI is InChI=1S/C10H8ClNO2S/c1-2-14-10(13)8-7(11)6-4-3-5-12-9(6)15-8/h3-5H,2H2,1H3. The molecular weight excluding hydrogens is 234 g/mol. The van der Waals surface area contributed by atoms with E-state index < -0.39 is 0 Å². The molecule has 0 saturated heterocycles. The van der Waals surface area contributed by atoms with Crippen LogP contribution in [0.4, 0.5) is 0 Å². The van der Waals surface area contributed by atoms with Crippen molar-refractivity contribution in [2.24, 2.45) is 0 Å². The number of rotatable bonds is 2. The maximum atomic E-state index is 11.5. The Kier molecular flexibility index (Phi) is 2.88. The number of carbonyl (C=O) groups excluding carboxylic acids is 1. The summed E-state index contributed by atoms with van der Waals surface area (Å²) in [5.74, 6) is -0.384. The van der Waals surface area contributed by atoms with Crippen molar-refractivity contribution in [3.63, 3.8) is 0 Å². The normalized spacial score (nSPS) is 10.5. The quantitative estimate of drug-likeness (QED) is 0.759. The van der Waals surface area contributed by atoms with Crippen LogP contribution >= 0.6 is 22.9 Å². The van der Waals surface area contributed by atoms with Crippen LogP contribution in [-0.2, 0) is 4.74 Å². The van der Waals surface area contributed by atoms with Gasteiger partial charge < -0.3 is 4.74 Å². The van der Waals surface area contributed by atoms with Gasteiger partial charge in [-0.1, -0.05) is 11.6 Å². The van der Waals surface area contributed by atoms with Crippen molar-refractivity contribution in [3.05, 3.63) is 28.2 Å². The molecule has 2 rings (SSSR count). The van der Waals surface area contributed by atoms with E-state index in [1.165, 1.54) is 11.3 Å². The van der Waals surface area contributed by atoms with E-state index >= 15 is 0 Å². The summed E-state index contributed by atoms with van der Waals surface area (Å²) in [6, 6.07) is 3.62. The van der Waals surface area contributed by atoms with E-state index in [1.807, 2.05) is 6.07 Å². The average molecular weight is 242 g/mol.